The van der Waals surface area contributed by atoms with Gasteiger partial charge in [0.05, 0.1) is 28.4 Å². The number of ether oxygens (including phenoxy) is 3. The molecule has 0 radical (unpaired) electrons. The third-order valence-electron chi connectivity index (χ3n) is 5.79. The number of H-pyrrole nitrogens is 1. The summed E-state index contributed by atoms with van der Waals surface area (Å²) in [5.74, 6) is 2.04. The average molecular weight is 472 g/mol. The van der Waals surface area contributed by atoms with Gasteiger partial charge in [0.2, 0.25) is 0 Å². The van der Waals surface area contributed by atoms with Gasteiger partial charge < -0.3 is 18.8 Å². The highest BCUT2D eigenvalue weighted by molar-refractivity contribution is 5.91. The molecular weight excluding hydrogens is 452 g/mol. The number of aromatic amines is 1. The Kier molecular flexibility index (Phi) is 5.03. The van der Waals surface area contributed by atoms with E-state index in [1.807, 2.05) is 18.2 Å². The Bertz CT molecular complexity index is 1700. The summed E-state index contributed by atoms with van der Waals surface area (Å²) in [4.78, 5) is 35.4. The molecule has 0 amide bonds. The quantitative estimate of drug-likeness (QED) is 0.384. The minimum absolute atomic E-state index is 0.188. The molecule has 1 N–H and O–H groups in total. The molecule has 0 fully saturated rings. The molecule has 5 aromatic rings. The number of nitrogens with one attached hydrogen (secondary N) is 1. The minimum Gasteiger partial charge on any atom is -0.486 e. The van der Waals surface area contributed by atoms with Gasteiger partial charge in [-0.05, 0) is 35.9 Å². The zero-order valence-corrected chi connectivity index (χ0v) is 18.7. The van der Waals surface area contributed by atoms with Crippen molar-refractivity contribution in [2.75, 3.05) is 20.3 Å². The second-order valence-electron chi connectivity index (χ2n) is 8.09. The largest absolute Gasteiger partial charge is 0.486 e. The molecule has 0 saturated heterocycles. The predicted octanol–water partition coefficient (Wildman–Crippen LogP) is 1.78. The Morgan fingerprint density at radius 2 is 1.71 bits per heavy atom. The fourth-order valence-electron chi connectivity index (χ4n) is 4.12. The van der Waals surface area contributed by atoms with Gasteiger partial charge in [0.25, 0.3) is 17.1 Å². The van der Waals surface area contributed by atoms with E-state index in [9.17, 15) is 9.59 Å². The summed E-state index contributed by atoms with van der Waals surface area (Å²) in [6.07, 6.45) is 3.26. The fourth-order valence-corrected chi connectivity index (χ4v) is 4.12. The first kappa shape index (κ1) is 21.1. The molecule has 6 rings (SSSR count). The summed E-state index contributed by atoms with van der Waals surface area (Å²) < 4.78 is 19.1. The molecule has 11 heteroatoms. The monoisotopic (exact) mass is 472 g/mol. The lowest BCUT2D eigenvalue weighted by molar-refractivity contribution is 0.171. The van der Waals surface area contributed by atoms with E-state index in [2.05, 4.69) is 20.2 Å². The maximum absolute atomic E-state index is 13.3. The Balaban J connectivity index is 1.41. The van der Waals surface area contributed by atoms with Crippen molar-refractivity contribution in [1.29, 1.82) is 0 Å². The fraction of sp³-hybridized carbons (Fsp3) is 0.208. The van der Waals surface area contributed by atoms with Crippen molar-refractivity contribution in [2.24, 2.45) is 0 Å². The summed E-state index contributed by atoms with van der Waals surface area (Å²) in [6, 6.07) is 10.7. The first-order valence-corrected chi connectivity index (χ1v) is 11.0. The van der Waals surface area contributed by atoms with Crippen LogP contribution in [0.4, 0.5) is 0 Å². The van der Waals surface area contributed by atoms with Gasteiger partial charge in [-0.15, -0.1) is 5.10 Å². The van der Waals surface area contributed by atoms with E-state index >= 15 is 0 Å². The third kappa shape index (κ3) is 3.71. The van der Waals surface area contributed by atoms with E-state index in [4.69, 9.17) is 14.2 Å². The highest BCUT2D eigenvalue weighted by atomic mass is 16.6. The van der Waals surface area contributed by atoms with Crippen LogP contribution in [0.25, 0.3) is 27.8 Å². The molecule has 11 nitrogen and oxygen atoms in total. The number of aromatic nitrogens is 6. The Labute approximate surface area is 197 Å². The second-order valence-corrected chi connectivity index (χ2v) is 8.09. The Morgan fingerprint density at radius 3 is 2.54 bits per heavy atom. The molecule has 0 spiro atoms. The van der Waals surface area contributed by atoms with Crippen molar-refractivity contribution in [3.8, 4) is 17.4 Å². The lowest BCUT2D eigenvalue weighted by atomic mass is 10.1. The number of hydrogen-bond donors (Lipinski definition) is 1. The summed E-state index contributed by atoms with van der Waals surface area (Å²) in [6.45, 7) is 1.58. The van der Waals surface area contributed by atoms with E-state index in [-0.39, 0.29) is 23.7 Å². The molecule has 1 aliphatic heterocycles. The second kappa shape index (κ2) is 8.37. The van der Waals surface area contributed by atoms with Crippen LogP contribution in [0.5, 0.6) is 11.5 Å². The molecule has 4 aromatic heterocycles. The van der Waals surface area contributed by atoms with Crippen molar-refractivity contribution in [2.45, 2.75) is 13.2 Å². The number of nitrogens with zero attached hydrogens (tertiary/aromatic N) is 5. The highest BCUT2D eigenvalue weighted by Gasteiger charge is 2.15. The summed E-state index contributed by atoms with van der Waals surface area (Å²) in [7, 11) is 1.54. The normalized spacial score (nSPS) is 12.9. The first-order chi connectivity index (χ1) is 17.1. The number of fused-ring (bicyclic) bond motifs is 3. The van der Waals surface area contributed by atoms with Crippen molar-refractivity contribution in [3.63, 3.8) is 0 Å². The number of hydrogen-bond acceptors (Lipinski definition) is 8. The standard InChI is InChI=1S/C24H20N6O5/c1-33-13-21-26-24(28-27-21)30-7-5-18-16(23(30)32)11-15-17(25-18)4-6-29(22(15)31)12-14-2-3-19-20(10-14)35-9-8-34-19/h2-7,10-11H,8-9,12-13H2,1H3,(H,26,27,28). The zero-order valence-electron chi connectivity index (χ0n) is 18.7. The SMILES string of the molecule is COCc1nc(-n2ccc3nc4ccn(Cc5ccc6c(c5)OCCO6)c(=O)c4cc3c2=O)n[nH]1. The van der Waals surface area contributed by atoms with Gasteiger partial charge in [0.15, 0.2) is 17.3 Å². The average Bonchev–Trinajstić information content (AvgIpc) is 3.34. The van der Waals surface area contributed by atoms with Crippen molar-refractivity contribution >= 4 is 21.8 Å². The topological polar surface area (TPSA) is 126 Å². The lowest BCUT2D eigenvalue weighted by Gasteiger charge is -2.19. The highest BCUT2D eigenvalue weighted by Crippen LogP contribution is 2.31. The summed E-state index contributed by atoms with van der Waals surface area (Å²) in [5.41, 5.74) is 1.26. The molecule has 0 atom stereocenters. The third-order valence-corrected chi connectivity index (χ3v) is 5.79. The van der Waals surface area contributed by atoms with Crippen LogP contribution in [0.3, 0.4) is 0 Å². The zero-order chi connectivity index (χ0) is 23.9. The molecule has 0 aliphatic carbocycles. The van der Waals surface area contributed by atoms with E-state index in [1.165, 1.54) is 4.57 Å². The minimum atomic E-state index is -0.374. The van der Waals surface area contributed by atoms with Crippen LogP contribution in [-0.4, -0.2) is 49.6 Å². The molecule has 5 heterocycles. The van der Waals surface area contributed by atoms with Gasteiger partial charge in [-0.1, -0.05) is 6.07 Å². The number of methoxy groups -OCH3 is 1. The van der Waals surface area contributed by atoms with Gasteiger partial charge in [0.1, 0.15) is 19.8 Å². The molecule has 1 aromatic carbocycles. The first-order valence-electron chi connectivity index (χ1n) is 11.0. The lowest BCUT2D eigenvalue weighted by Crippen LogP contribution is -2.22. The molecule has 176 valence electrons. The van der Waals surface area contributed by atoms with Crippen LogP contribution < -0.4 is 20.6 Å². The van der Waals surface area contributed by atoms with E-state index in [0.717, 1.165) is 5.56 Å². The van der Waals surface area contributed by atoms with E-state index in [1.54, 1.807) is 42.3 Å². The predicted molar refractivity (Wildman–Crippen MR) is 126 cm³/mol. The van der Waals surface area contributed by atoms with E-state index in [0.29, 0.717) is 58.9 Å². The molecule has 0 unspecified atom stereocenters. The summed E-state index contributed by atoms with van der Waals surface area (Å²) in [5, 5.41) is 7.47. The van der Waals surface area contributed by atoms with Crippen LogP contribution in [0.1, 0.15) is 11.4 Å². The van der Waals surface area contributed by atoms with Crippen LogP contribution in [-0.2, 0) is 17.9 Å². The van der Waals surface area contributed by atoms with Gasteiger partial charge in [-0.25, -0.2) is 9.55 Å². The molecular formula is C24H20N6O5. The molecule has 0 saturated carbocycles. The smallest absolute Gasteiger partial charge is 0.267 e. The Morgan fingerprint density at radius 1 is 0.943 bits per heavy atom. The van der Waals surface area contributed by atoms with Crippen molar-refractivity contribution < 1.29 is 14.2 Å². The van der Waals surface area contributed by atoms with Gasteiger partial charge in [-0.3, -0.25) is 14.7 Å². The van der Waals surface area contributed by atoms with Crippen LogP contribution in [0, 0.1) is 0 Å². The van der Waals surface area contributed by atoms with Crippen molar-refractivity contribution in [1.82, 2.24) is 29.3 Å². The van der Waals surface area contributed by atoms with Crippen LogP contribution >= 0.6 is 0 Å². The maximum atomic E-state index is 13.3. The number of pyridine rings is 3. The Hall–Kier alpha value is -4.51. The molecule has 0 bridgehead atoms. The van der Waals surface area contributed by atoms with Crippen molar-refractivity contribution in [3.05, 3.63) is 80.9 Å². The van der Waals surface area contributed by atoms with Crippen LogP contribution in [0.2, 0.25) is 0 Å². The van der Waals surface area contributed by atoms with Gasteiger partial charge in [0, 0.05) is 19.5 Å². The van der Waals surface area contributed by atoms with E-state index < -0.39 is 0 Å². The number of rotatable bonds is 5. The molecule has 35 heavy (non-hydrogen) atoms. The van der Waals surface area contributed by atoms with Gasteiger partial charge in [-0.2, -0.15) is 4.98 Å². The van der Waals surface area contributed by atoms with Crippen LogP contribution in [0.15, 0.2) is 58.4 Å². The maximum Gasteiger partial charge on any atom is 0.267 e. The summed E-state index contributed by atoms with van der Waals surface area (Å²) >= 11 is 0. The van der Waals surface area contributed by atoms with Gasteiger partial charge >= 0.3 is 0 Å². The molecule has 1 aliphatic rings. The number of benzene rings is 1.